The fraction of sp³-hybridized carbons (Fsp3) is 0.556. The fourth-order valence-corrected chi connectivity index (χ4v) is 2.83. The smallest absolute Gasteiger partial charge is 0.182 e. The van der Waals surface area contributed by atoms with E-state index in [1.165, 1.54) is 23.1 Å². The van der Waals surface area contributed by atoms with Gasteiger partial charge in [-0.15, -0.1) is 11.3 Å². The Bertz CT molecular complexity index is 382. The van der Waals surface area contributed by atoms with Gasteiger partial charge in [0.2, 0.25) is 0 Å². The molecule has 1 heterocycles. The summed E-state index contributed by atoms with van der Waals surface area (Å²) in [7, 11) is 0. The summed E-state index contributed by atoms with van der Waals surface area (Å²) >= 11 is 2.94. The Morgan fingerprint density at radius 3 is 2.71 bits per heavy atom. The van der Waals surface area contributed by atoms with E-state index in [-0.39, 0.29) is 11.2 Å². The van der Waals surface area contributed by atoms with E-state index in [0.717, 1.165) is 17.2 Å². The zero-order valence-corrected chi connectivity index (χ0v) is 9.80. The lowest BCUT2D eigenvalue weighted by molar-refractivity contribution is 0.0917. The topological polar surface area (TPSA) is 56.0 Å². The molecule has 1 aromatic heterocycles. The first-order chi connectivity index (χ1) is 6.57. The number of thioether (sulfide) groups is 1. The summed E-state index contributed by atoms with van der Waals surface area (Å²) in [5, 5.41) is 0. The van der Waals surface area contributed by atoms with Crippen LogP contribution < -0.4 is 5.73 Å². The molecular formula is C9H12N2OS2. The van der Waals surface area contributed by atoms with Crippen molar-refractivity contribution in [3.8, 4) is 0 Å². The minimum atomic E-state index is -0.143. The number of carbonyl (C=O) groups is 1. The summed E-state index contributed by atoms with van der Waals surface area (Å²) < 4.78 is 0.870. The molecule has 0 spiro atoms. The summed E-state index contributed by atoms with van der Waals surface area (Å²) in [6.07, 6.45) is 3.90. The van der Waals surface area contributed by atoms with E-state index in [2.05, 4.69) is 4.98 Å². The Morgan fingerprint density at radius 2 is 2.29 bits per heavy atom. The lowest BCUT2D eigenvalue weighted by atomic mass is 10.0. The maximum Gasteiger partial charge on any atom is 0.182 e. The molecule has 1 saturated carbocycles. The van der Waals surface area contributed by atoms with Crippen molar-refractivity contribution in [3.05, 3.63) is 4.88 Å². The minimum Gasteiger partial charge on any atom is -0.382 e. The molecular weight excluding hydrogens is 216 g/mol. The second-order valence-corrected chi connectivity index (χ2v) is 5.84. The third kappa shape index (κ3) is 1.54. The van der Waals surface area contributed by atoms with E-state index in [0.29, 0.717) is 10.7 Å². The Balaban J connectivity index is 2.31. The van der Waals surface area contributed by atoms with Crippen LogP contribution in [0.1, 0.15) is 29.4 Å². The van der Waals surface area contributed by atoms with Gasteiger partial charge in [-0.05, 0) is 19.1 Å². The average Bonchev–Trinajstić information content (AvgIpc) is 2.79. The molecule has 0 amide bonds. The van der Waals surface area contributed by atoms with Crippen LogP contribution in [0, 0.1) is 5.41 Å². The number of hydrogen-bond acceptors (Lipinski definition) is 5. The van der Waals surface area contributed by atoms with Crippen LogP contribution >= 0.6 is 23.1 Å². The number of anilines is 1. The van der Waals surface area contributed by atoms with Crippen molar-refractivity contribution in [2.24, 2.45) is 5.41 Å². The summed E-state index contributed by atoms with van der Waals surface area (Å²) in [6, 6.07) is 0. The van der Waals surface area contributed by atoms with Crippen molar-refractivity contribution in [2.45, 2.75) is 24.1 Å². The van der Waals surface area contributed by atoms with Gasteiger partial charge in [0.05, 0.1) is 0 Å². The largest absolute Gasteiger partial charge is 0.382 e. The van der Waals surface area contributed by atoms with Crippen LogP contribution in [0.15, 0.2) is 4.34 Å². The molecule has 1 aromatic rings. The van der Waals surface area contributed by atoms with Crippen molar-refractivity contribution in [1.29, 1.82) is 0 Å². The van der Waals surface area contributed by atoms with Gasteiger partial charge >= 0.3 is 0 Å². The van der Waals surface area contributed by atoms with Gasteiger partial charge in [0.1, 0.15) is 10.7 Å². The van der Waals surface area contributed by atoms with E-state index in [1.807, 2.05) is 13.2 Å². The monoisotopic (exact) mass is 228 g/mol. The van der Waals surface area contributed by atoms with Crippen molar-refractivity contribution in [1.82, 2.24) is 4.98 Å². The molecule has 0 unspecified atom stereocenters. The molecule has 76 valence electrons. The van der Waals surface area contributed by atoms with Gasteiger partial charge in [0, 0.05) is 5.41 Å². The first-order valence-electron chi connectivity index (χ1n) is 4.42. The number of Topliss-reactive ketones (excluding diaryl/α,β-unsaturated/α-hetero) is 1. The molecule has 1 aliphatic carbocycles. The van der Waals surface area contributed by atoms with E-state index < -0.39 is 0 Å². The van der Waals surface area contributed by atoms with Gasteiger partial charge in [-0.25, -0.2) is 4.98 Å². The number of nitrogens with zero attached hydrogens (tertiary/aromatic N) is 1. The van der Waals surface area contributed by atoms with Gasteiger partial charge < -0.3 is 5.73 Å². The fourth-order valence-electron chi connectivity index (χ4n) is 1.25. The van der Waals surface area contributed by atoms with Crippen molar-refractivity contribution >= 4 is 34.7 Å². The van der Waals surface area contributed by atoms with Crippen LogP contribution in [0.5, 0.6) is 0 Å². The number of aromatic nitrogens is 1. The summed E-state index contributed by atoms with van der Waals surface area (Å²) in [5.74, 6) is 0.574. The van der Waals surface area contributed by atoms with Crippen LogP contribution in [0.2, 0.25) is 0 Å². The van der Waals surface area contributed by atoms with Crippen LogP contribution in [-0.4, -0.2) is 17.0 Å². The molecule has 1 aliphatic rings. The number of rotatable bonds is 3. The number of nitrogens with two attached hydrogens (primary N) is 1. The average molecular weight is 228 g/mol. The molecule has 0 radical (unpaired) electrons. The Hall–Kier alpha value is -0.550. The van der Waals surface area contributed by atoms with Crippen LogP contribution in [0.4, 0.5) is 5.82 Å². The first kappa shape index (κ1) is 9.98. The minimum absolute atomic E-state index is 0.143. The van der Waals surface area contributed by atoms with Gasteiger partial charge in [-0.3, -0.25) is 4.79 Å². The van der Waals surface area contributed by atoms with Gasteiger partial charge in [0.15, 0.2) is 10.1 Å². The van der Waals surface area contributed by atoms with Gasteiger partial charge in [-0.1, -0.05) is 18.7 Å². The summed E-state index contributed by atoms with van der Waals surface area (Å²) in [5.41, 5.74) is 5.56. The highest BCUT2D eigenvalue weighted by molar-refractivity contribution is 8.00. The molecule has 0 atom stereocenters. The van der Waals surface area contributed by atoms with Gasteiger partial charge in [-0.2, -0.15) is 0 Å². The first-order valence-corrected chi connectivity index (χ1v) is 6.46. The molecule has 2 N–H and O–H groups in total. The lowest BCUT2D eigenvalue weighted by Gasteiger charge is -2.03. The zero-order chi connectivity index (χ0) is 10.3. The number of ketones is 1. The molecule has 0 bridgehead atoms. The predicted octanol–water partition coefficient (Wildman–Crippen LogP) is 2.43. The van der Waals surface area contributed by atoms with E-state index in [4.69, 9.17) is 5.73 Å². The van der Waals surface area contributed by atoms with Gasteiger partial charge in [0.25, 0.3) is 0 Å². The van der Waals surface area contributed by atoms with E-state index in [9.17, 15) is 4.79 Å². The highest BCUT2D eigenvalue weighted by Crippen LogP contribution is 2.49. The molecule has 0 saturated heterocycles. The Morgan fingerprint density at radius 1 is 1.64 bits per heavy atom. The van der Waals surface area contributed by atoms with Crippen molar-refractivity contribution in [3.63, 3.8) is 0 Å². The van der Waals surface area contributed by atoms with Crippen molar-refractivity contribution < 1.29 is 4.79 Å². The molecule has 14 heavy (non-hydrogen) atoms. The number of hydrogen-bond donors (Lipinski definition) is 1. The Kier molecular flexibility index (Phi) is 2.31. The van der Waals surface area contributed by atoms with E-state index in [1.54, 1.807) is 0 Å². The molecule has 5 heteroatoms. The standard InChI is InChI=1S/C9H12N2OS2/c1-9(3-4-9)6(12)5-7(10)11-8(13-2)14-5/h3-4,10H2,1-2H3. The molecule has 1 fully saturated rings. The third-order valence-electron chi connectivity index (χ3n) is 2.56. The van der Waals surface area contributed by atoms with Crippen LogP contribution in [0.25, 0.3) is 0 Å². The van der Waals surface area contributed by atoms with Crippen molar-refractivity contribution in [2.75, 3.05) is 12.0 Å². The summed E-state index contributed by atoms with van der Waals surface area (Å²) in [4.78, 5) is 16.7. The second kappa shape index (κ2) is 3.24. The number of nitrogen functional groups attached to an aromatic ring is 1. The number of carbonyl (C=O) groups excluding carboxylic acids is 1. The quantitative estimate of drug-likeness (QED) is 0.637. The third-order valence-corrected chi connectivity index (χ3v) is 4.62. The van der Waals surface area contributed by atoms with Crippen LogP contribution in [0.3, 0.4) is 0 Å². The molecule has 0 aliphatic heterocycles. The highest BCUT2D eigenvalue weighted by Gasteiger charge is 2.46. The normalized spacial score (nSPS) is 18.1. The molecule has 2 rings (SSSR count). The summed E-state index contributed by atoms with van der Waals surface area (Å²) in [6.45, 7) is 1.99. The Labute approximate surface area is 91.1 Å². The maximum atomic E-state index is 12.0. The molecule has 0 aromatic carbocycles. The highest BCUT2D eigenvalue weighted by atomic mass is 32.2. The van der Waals surface area contributed by atoms with Crippen LogP contribution in [-0.2, 0) is 0 Å². The lowest BCUT2D eigenvalue weighted by Crippen LogP contribution is -2.12. The predicted molar refractivity (Wildman–Crippen MR) is 60.0 cm³/mol. The zero-order valence-electron chi connectivity index (χ0n) is 8.16. The second-order valence-electron chi connectivity index (χ2n) is 3.79. The maximum absolute atomic E-state index is 12.0. The SMILES string of the molecule is CSc1nc(N)c(C(=O)C2(C)CC2)s1. The number of thiazole rings is 1. The molecule has 3 nitrogen and oxygen atoms in total. The van der Waals surface area contributed by atoms with E-state index >= 15 is 0 Å².